The lowest BCUT2D eigenvalue weighted by Crippen LogP contribution is -2.21. The molecule has 0 aliphatic rings. The Morgan fingerprint density at radius 2 is 1.19 bits per heavy atom. The van der Waals surface area contributed by atoms with E-state index in [1.807, 2.05) is 6.07 Å². The Labute approximate surface area is 273 Å². The Hall–Kier alpha value is -5.80. The van der Waals surface area contributed by atoms with Crippen molar-refractivity contribution in [2.75, 3.05) is 4.90 Å². The molecule has 2 aromatic heterocycles. The van der Waals surface area contributed by atoms with Crippen LogP contribution in [-0.4, -0.2) is 4.57 Å². The minimum atomic E-state index is -0.121. The molecule has 3 heteroatoms. The number of nitrogens with zero attached hydrogens (tertiary/aromatic N) is 2. The second-order valence-electron chi connectivity index (χ2n) is 13.4. The number of anilines is 3. The first-order valence-electron chi connectivity index (χ1n) is 16.3. The normalized spacial score (nSPS) is 12.1. The summed E-state index contributed by atoms with van der Waals surface area (Å²) < 4.78 is 8.94. The van der Waals surface area contributed by atoms with E-state index in [9.17, 15) is 0 Å². The molecule has 0 aliphatic heterocycles. The average molecular weight is 607 g/mol. The lowest BCUT2D eigenvalue weighted by atomic mass is 9.94. The molecule has 47 heavy (non-hydrogen) atoms. The molecule has 2 heterocycles. The molecule has 7 aromatic carbocycles. The summed E-state index contributed by atoms with van der Waals surface area (Å²) in [5.41, 5.74) is 9.77. The Morgan fingerprint density at radius 3 is 2.02 bits per heavy atom. The van der Waals surface area contributed by atoms with E-state index in [-0.39, 0.29) is 5.54 Å². The van der Waals surface area contributed by atoms with Crippen LogP contribution >= 0.6 is 0 Å². The highest BCUT2D eigenvalue weighted by Crippen LogP contribution is 2.49. The molecule has 9 rings (SSSR count). The van der Waals surface area contributed by atoms with Crippen molar-refractivity contribution in [1.82, 2.24) is 4.57 Å². The van der Waals surface area contributed by atoms with Gasteiger partial charge in [0.15, 0.2) is 0 Å². The highest BCUT2D eigenvalue weighted by atomic mass is 16.3. The minimum absolute atomic E-state index is 0.121. The topological polar surface area (TPSA) is 21.3 Å². The summed E-state index contributed by atoms with van der Waals surface area (Å²) in [4.78, 5) is 2.45. The zero-order valence-electron chi connectivity index (χ0n) is 26.7. The standard InChI is InChI=1S/C44H34N2O/c1-44(2,3)46-36-20-11-9-18-33(36)34-26-25-31(28-39(34)46)45(37-21-13-23-41-43(37)35-19-10-12-22-40(35)47-41)38-27-24-29-14-7-8-17-32(29)42(38)30-15-5-4-6-16-30/h4-28H,1-3H3. The number of hydrogen-bond acceptors (Lipinski definition) is 2. The SMILES string of the molecule is CC(C)(C)n1c2ccccc2c2ccc(N(c3ccc4ccccc4c3-c3ccccc3)c3cccc4oc5ccccc5c34)cc21. The number of para-hydroxylation sites is 2. The quantitative estimate of drug-likeness (QED) is 0.199. The average Bonchev–Trinajstić information content (AvgIpc) is 3.65. The number of benzene rings is 7. The molecule has 0 atom stereocenters. The molecule has 0 unspecified atom stereocenters. The second-order valence-corrected chi connectivity index (χ2v) is 13.4. The molecule has 226 valence electrons. The lowest BCUT2D eigenvalue weighted by Gasteiger charge is -2.30. The third-order valence-corrected chi connectivity index (χ3v) is 9.42. The predicted molar refractivity (Wildman–Crippen MR) is 199 cm³/mol. The van der Waals surface area contributed by atoms with Crippen molar-refractivity contribution in [3.63, 3.8) is 0 Å². The van der Waals surface area contributed by atoms with Crippen molar-refractivity contribution in [2.45, 2.75) is 26.3 Å². The van der Waals surface area contributed by atoms with E-state index in [0.29, 0.717) is 0 Å². The van der Waals surface area contributed by atoms with E-state index in [1.54, 1.807) is 0 Å². The number of furan rings is 1. The van der Waals surface area contributed by atoms with Gasteiger partial charge in [0.1, 0.15) is 11.2 Å². The van der Waals surface area contributed by atoms with Gasteiger partial charge in [-0.2, -0.15) is 0 Å². The molecule has 0 amide bonds. The second kappa shape index (κ2) is 10.4. The molecular formula is C44H34N2O. The summed E-state index contributed by atoms with van der Waals surface area (Å²) in [5, 5.41) is 7.17. The fraction of sp³-hybridized carbons (Fsp3) is 0.0909. The fourth-order valence-electron chi connectivity index (χ4n) is 7.53. The molecule has 0 N–H and O–H groups in total. The summed E-state index contributed by atoms with van der Waals surface area (Å²) in [6.07, 6.45) is 0. The smallest absolute Gasteiger partial charge is 0.137 e. The van der Waals surface area contributed by atoms with Gasteiger partial charge in [-0.3, -0.25) is 0 Å². The van der Waals surface area contributed by atoms with Gasteiger partial charge in [0.2, 0.25) is 0 Å². The maximum atomic E-state index is 6.44. The van der Waals surface area contributed by atoms with Crippen molar-refractivity contribution in [3.8, 4) is 11.1 Å². The zero-order chi connectivity index (χ0) is 31.7. The Bertz CT molecular complexity index is 2620. The van der Waals surface area contributed by atoms with Crippen molar-refractivity contribution in [1.29, 1.82) is 0 Å². The van der Waals surface area contributed by atoms with Crippen molar-refractivity contribution in [2.24, 2.45) is 0 Å². The Morgan fingerprint density at radius 1 is 0.511 bits per heavy atom. The summed E-state index contributed by atoms with van der Waals surface area (Å²) in [7, 11) is 0. The molecule has 0 fully saturated rings. The Balaban J connectivity index is 1.43. The molecule has 0 saturated carbocycles. The van der Waals surface area contributed by atoms with E-state index in [4.69, 9.17) is 4.42 Å². The van der Waals surface area contributed by atoms with Gasteiger partial charge in [-0.15, -0.1) is 0 Å². The largest absolute Gasteiger partial charge is 0.456 e. The molecule has 0 radical (unpaired) electrons. The van der Waals surface area contributed by atoms with Gasteiger partial charge in [-0.05, 0) is 79.6 Å². The van der Waals surface area contributed by atoms with Crippen molar-refractivity contribution in [3.05, 3.63) is 152 Å². The molecule has 0 spiro atoms. The first kappa shape index (κ1) is 27.5. The van der Waals surface area contributed by atoms with Gasteiger partial charge in [-0.25, -0.2) is 0 Å². The van der Waals surface area contributed by atoms with Crippen LogP contribution in [0.1, 0.15) is 20.8 Å². The molecule has 3 nitrogen and oxygen atoms in total. The number of fused-ring (bicyclic) bond motifs is 7. The fourth-order valence-corrected chi connectivity index (χ4v) is 7.53. The van der Waals surface area contributed by atoms with Crippen molar-refractivity contribution >= 4 is 71.6 Å². The Kier molecular flexibility index (Phi) is 6.07. The zero-order valence-corrected chi connectivity index (χ0v) is 26.7. The van der Waals surface area contributed by atoms with Gasteiger partial charge in [0.25, 0.3) is 0 Å². The first-order chi connectivity index (χ1) is 23.0. The van der Waals surface area contributed by atoms with Gasteiger partial charge in [0, 0.05) is 38.5 Å². The number of rotatable bonds is 4. The molecule has 0 bridgehead atoms. The predicted octanol–water partition coefficient (Wildman–Crippen LogP) is 12.7. The van der Waals surface area contributed by atoms with Crippen LogP contribution < -0.4 is 4.90 Å². The number of aromatic nitrogens is 1. The van der Waals surface area contributed by atoms with Gasteiger partial charge in [0.05, 0.1) is 22.3 Å². The van der Waals surface area contributed by atoms with Crippen molar-refractivity contribution < 1.29 is 4.42 Å². The van der Waals surface area contributed by atoms with E-state index >= 15 is 0 Å². The third-order valence-electron chi connectivity index (χ3n) is 9.42. The summed E-state index contributed by atoms with van der Waals surface area (Å²) in [6, 6.07) is 54.6. The van der Waals surface area contributed by atoms with E-state index in [0.717, 1.165) is 39.0 Å². The first-order valence-corrected chi connectivity index (χ1v) is 16.3. The van der Waals surface area contributed by atoms with Crippen LogP contribution in [0.2, 0.25) is 0 Å². The monoisotopic (exact) mass is 606 g/mol. The highest BCUT2D eigenvalue weighted by Gasteiger charge is 2.26. The maximum absolute atomic E-state index is 6.44. The summed E-state index contributed by atoms with van der Waals surface area (Å²) in [6.45, 7) is 6.87. The van der Waals surface area contributed by atoms with E-state index in [1.165, 1.54) is 43.7 Å². The van der Waals surface area contributed by atoms with Crippen LogP contribution in [-0.2, 0) is 5.54 Å². The maximum Gasteiger partial charge on any atom is 0.137 e. The lowest BCUT2D eigenvalue weighted by molar-refractivity contribution is 0.423. The van der Waals surface area contributed by atoms with E-state index in [2.05, 4.69) is 176 Å². The minimum Gasteiger partial charge on any atom is -0.456 e. The van der Waals surface area contributed by atoms with Crippen LogP contribution in [0.3, 0.4) is 0 Å². The van der Waals surface area contributed by atoms with Gasteiger partial charge < -0.3 is 13.9 Å². The third kappa shape index (κ3) is 4.27. The van der Waals surface area contributed by atoms with Crippen LogP contribution in [0.25, 0.3) is 65.6 Å². The van der Waals surface area contributed by atoms with Crippen LogP contribution in [0.5, 0.6) is 0 Å². The molecule has 0 saturated heterocycles. The van der Waals surface area contributed by atoms with E-state index < -0.39 is 0 Å². The van der Waals surface area contributed by atoms with Gasteiger partial charge >= 0.3 is 0 Å². The van der Waals surface area contributed by atoms with Crippen LogP contribution in [0, 0.1) is 0 Å². The van der Waals surface area contributed by atoms with Crippen LogP contribution in [0.15, 0.2) is 156 Å². The summed E-state index contributed by atoms with van der Waals surface area (Å²) in [5.74, 6) is 0. The molecular weight excluding hydrogens is 572 g/mol. The number of hydrogen-bond donors (Lipinski definition) is 0. The summed E-state index contributed by atoms with van der Waals surface area (Å²) >= 11 is 0. The highest BCUT2D eigenvalue weighted by molar-refractivity contribution is 6.16. The van der Waals surface area contributed by atoms with Gasteiger partial charge in [-0.1, -0.05) is 109 Å². The molecule has 0 aliphatic carbocycles. The van der Waals surface area contributed by atoms with Crippen LogP contribution in [0.4, 0.5) is 17.1 Å². The molecule has 9 aromatic rings.